The lowest BCUT2D eigenvalue weighted by Gasteiger charge is -2.17. The van der Waals surface area contributed by atoms with Crippen molar-refractivity contribution in [2.24, 2.45) is 0 Å². The van der Waals surface area contributed by atoms with Crippen molar-refractivity contribution >= 4 is 23.2 Å². The first kappa shape index (κ1) is 14.5. The number of rotatable bonds is 5. The Balaban J connectivity index is 2.34. The fourth-order valence-corrected chi connectivity index (χ4v) is 2.07. The molecular formula is C13H14ClN3O3. The van der Waals surface area contributed by atoms with Crippen molar-refractivity contribution in [3.05, 3.63) is 45.5 Å². The van der Waals surface area contributed by atoms with Gasteiger partial charge in [-0.05, 0) is 18.7 Å². The minimum Gasteiger partial charge on any atom is -0.480 e. The van der Waals surface area contributed by atoms with E-state index < -0.39 is 5.97 Å². The van der Waals surface area contributed by atoms with Crippen LogP contribution in [0, 0.1) is 0 Å². The van der Waals surface area contributed by atoms with Crippen LogP contribution in [0.1, 0.15) is 12.6 Å². The van der Waals surface area contributed by atoms with Gasteiger partial charge in [-0.15, -0.1) is 0 Å². The zero-order chi connectivity index (χ0) is 14.7. The van der Waals surface area contributed by atoms with E-state index in [1.165, 1.54) is 16.7 Å². The number of carboxylic acid groups (broad SMARTS) is 1. The summed E-state index contributed by atoms with van der Waals surface area (Å²) in [5.41, 5.74) is 0.794. The average Bonchev–Trinajstić information content (AvgIpc) is 2.38. The molecule has 20 heavy (non-hydrogen) atoms. The summed E-state index contributed by atoms with van der Waals surface area (Å²) < 4.78 is 1.36. The maximum atomic E-state index is 12.0. The third-order valence-electron chi connectivity index (χ3n) is 2.87. The summed E-state index contributed by atoms with van der Waals surface area (Å²) in [5, 5.41) is 9.26. The Morgan fingerprint density at radius 2 is 2.25 bits per heavy atom. The van der Waals surface area contributed by atoms with Crippen LogP contribution in [0.25, 0.3) is 5.65 Å². The average molecular weight is 296 g/mol. The molecule has 2 aromatic rings. The smallest absolute Gasteiger partial charge is 0.317 e. The number of pyridine rings is 1. The van der Waals surface area contributed by atoms with E-state index in [0.717, 1.165) is 0 Å². The van der Waals surface area contributed by atoms with Gasteiger partial charge in [-0.1, -0.05) is 18.5 Å². The second kappa shape index (κ2) is 6.02. The predicted octanol–water partition coefficient (Wildman–Crippen LogP) is 1.25. The third kappa shape index (κ3) is 3.34. The van der Waals surface area contributed by atoms with Crippen LogP contribution in [0.4, 0.5) is 0 Å². The molecule has 0 unspecified atom stereocenters. The molecule has 0 fully saturated rings. The van der Waals surface area contributed by atoms with Gasteiger partial charge in [0.1, 0.15) is 5.65 Å². The van der Waals surface area contributed by atoms with E-state index in [4.69, 9.17) is 16.7 Å². The molecule has 0 aliphatic heterocycles. The van der Waals surface area contributed by atoms with Crippen molar-refractivity contribution in [2.75, 3.05) is 13.1 Å². The van der Waals surface area contributed by atoms with Crippen LogP contribution < -0.4 is 5.56 Å². The minimum atomic E-state index is -0.906. The fourth-order valence-electron chi connectivity index (χ4n) is 1.91. The molecule has 0 spiro atoms. The molecule has 0 aliphatic carbocycles. The normalized spacial score (nSPS) is 11.2. The van der Waals surface area contributed by atoms with E-state index in [1.54, 1.807) is 17.0 Å². The molecule has 106 valence electrons. The molecule has 7 heteroatoms. The van der Waals surface area contributed by atoms with Crippen molar-refractivity contribution in [3.63, 3.8) is 0 Å². The predicted molar refractivity (Wildman–Crippen MR) is 75.1 cm³/mol. The van der Waals surface area contributed by atoms with Crippen molar-refractivity contribution < 1.29 is 9.90 Å². The number of carbonyl (C=O) groups is 1. The van der Waals surface area contributed by atoms with Crippen LogP contribution in [0.2, 0.25) is 5.02 Å². The Kier molecular flexibility index (Phi) is 4.36. The molecule has 2 rings (SSSR count). The standard InChI is InChI=1S/C13H14ClN3O3/c1-2-16(8-13(19)20)7-10-5-12(18)17-6-9(14)3-4-11(17)15-10/h3-6H,2,7-8H2,1H3,(H,19,20). The van der Waals surface area contributed by atoms with Gasteiger partial charge in [0.15, 0.2) is 0 Å². The number of aliphatic carboxylic acids is 1. The Hall–Kier alpha value is -1.92. The van der Waals surface area contributed by atoms with Crippen LogP contribution >= 0.6 is 11.6 Å². The van der Waals surface area contributed by atoms with Crippen LogP contribution in [-0.2, 0) is 11.3 Å². The van der Waals surface area contributed by atoms with Gasteiger partial charge in [0.05, 0.1) is 17.3 Å². The molecule has 6 nitrogen and oxygen atoms in total. The Bertz CT molecular complexity index is 699. The van der Waals surface area contributed by atoms with E-state index in [0.29, 0.717) is 29.5 Å². The SMILES string of the molecule is CCN(CC(=O)O)Cc1cc(=O)n2cc(Cl)ccc2n1. The minimum absolute atomic E-state index is 0.0852. The second-order valence-electron chi connectivity index (χ2n) is 4.36. The molecule has 0 saturated carbocycles. The summed E-state index contributed by atoms with van der Waals surface area (Å²) in [6.07, 6.45) is 1.50. The molecule has 2 aromatic heterocycles. The van der Waals surface area contributed by atoms with Crippen molar-refractivity contribution in [3.8, 4) is 0 Å². The van der Waals surface area contributed by atoms with Crippen molar-refractivity contribution in [1.82, 2.24) is 14.3 Å². The highest BCUT2D eigenvalue weighted by atomic mass is 35.5. The van der Waals surface area contributed by atoms with Crippen molar-refractivity contribution in [1.29, 1.82) is 0 Å². The summed E-state index contributed by atoms with van der Waals surface area (Å²) >= 11 is 5.83. The molecule has 0 radical (unpaired) electrons. The van der Waals surface area contributed by atoms with Crippen LogP contribution in [-0.4, -0.2) is 38.4 Å². The molecule has 0 saturated heterocycles. The van der Waals surface area contributed by atoms with Crippen LogP contribution in [0.3, 0.4) is 0 Å². The number of halogens is 1. The van der Waals surface area contributed by atoms with E-state index in [1.807, 2.05) is 6.92 Å². The lowest BCUT2D eigenvalue weighted by Crippen LogP contribution is -2.30. The number of likely N-dealkylation sites (N-methyl/N-ethyl adjacent to an activating group) is 1. The highest BCUT2D eigenvalue weighted by Crippen LogP contribution is 2.09. The molecule has 1 N–H and O–H groups in total. The van der Waals surface area contributed by atoms with Gasteiger partial charge in [0.2, 0.25) is 0 Å². The summed E-state index contributed by atoms with van der Waals surface area (Å²) in [6, 6.07) is 4.70. The van der Waals surface area contributed by atoms with Gasteiger partial charge in [-0.25, -0.2) is 4.98 Å². The number of aromatic nitrogens is 2. The Morgan fingerprint density at radius 1 is 1.50 bits per heavy atom. The maximum Gasteiger partial charge on any atom is 0.317 e. The van der Waals surface area contributed by atoms with E-state index in [2.05, 4.69) is 4.98 Å². The van der Waals surface area contributed by atoms with E-state index in [9.17, 15) is 9.59 Å². The number of hydrogen-bond acceptors (Lipinski definition) is 4. The molecule has 0 atom stereocenters. The molecule has 2 heterocycles. The molecule has 0 aromatic carbocycles. The van der Waals surface area contributed by atoms with Gasteiger partial charge >= 0.3 is 5.97 Å². The maximum absolute atomic E-state index is 12.0. The van der Waals surface area contributed by atoms with Crippen LogP contribution in [0.5, 0.6) is 0 Å². The van der Waals surface area contributed by atoms with Crippen molar-refractivity contribution in [2.45, 2.75) is 13.5 Å². The second-order valence-corrected chi connectivity index (χ2v) is 4.79. The Morgan fingerprint density at radius 3 is 2.90 bits per heavy atom. The van der Waals surface area contributed by atoms with E-state index in [-0.39, 0.29) is 12.1 Å². The van der Waals surface area contributed by atoms with Gasteiger partial charge in [-0.2, -0.15) is 0 Å². The zero-order valence-electron chi connectivity index (χ0n) is 10.9. The lowest BCUT2D eigenvalue weighted by atomic mass is 10.3. The highest BCUT2D eigenvalue weighted by molar-refractivity contribution is 6.30. The number of fused-ring (bicyclic) bond motifs is 1. The molecule has 0 aliphatic rings. The first-order chi connectivity index (χ1) is 9.49. The first-order valence-corrected chi connectivity index (χ1v) is 6.49. The molecule has 0 bridgehead atoms. The Labute approximate surface area is 120 Å². The number of nitrogens with zero attached hydrogens (tertiary/aromatic N) is 3. The first-order valence-electron chi connectivity index (χ1n) is 6.11. The van der Waals surface area contributed by atoms with Crippen LogP contribution in [0.15, 0.2) is 29.2 Å². The topological polar surface area (TPSA) is 74.9 Å². The molecular weight excluding hydrogens is 282 g/mol. The summed E-state index contributed by atoms with van der Waals surface area (Å²) in [7, 11) is 0. The highest BCUT2D eigenvalue weighted by Gasteiger charge is 2.10. The van der Waals surface area contributed by atoms with Gasteiger partial charge in [-0.3, -0.25) is 18.9 Å². The number of carboxylic acids is 1. The monoisotopic (exact) mass is 295 g/mol. The largest absolute Gasteiger partial charge is 0.480 e. The zero-order valence-corrected chi connectivity index (χ0v) is 11.7. The van der Waals surface area contributed by atoms with Gasteiger partial charge < -0.3 is 5.11 Å². The quantitative estimate of drug-likeness (QED) is 0.898. The fraction of sp³-hybridized carbons (Fsp3) is 0.308. The van der Waals surface area contributed by atoms with Gasteiger partial charge in [0, 0.05) is 18.8 Å². The van der Waals surface area contributed by atoms with Gasteiger partial charge in [0.25, 0.3) is 5.56 Å². The number of hydrogen-bond donors (Lipinski definition) is 1. The lowest BCUT2D eigenvalue weighted by molar-refractivity contribution is -0.138. The summed E-state index contributed by atoms with van der Waals surface area (Å²) in [5.74, 6) is -0.906. The van der Waals surface area contributed by atoms with E-state index >= 15 is 0 Å². The summed E-state index contributed by atoms with van der Waals surface area (Å²) in [4.78, 5) is 28.7. The molecule has 0 amide bonds. The summed E-state index contributed by atoms with van der Waals surface area (Å²) in [6.45, 7) is 2.65. The third-order valence-corrected chi connectivity index (χ3v) is 3.09.